The van der Waals surface area contributed by atoms with E-state index in [0.29, 0.717) is 29.0 Å². The van der Waals surface area contributed by atoms with Crippen molar-refractivity contribution < 1.29 is 9.90 Å². The number of aromatic nitrogens is 2. The van der Waals surface area contributed by atoms with Crippen LogP contribution in [0.5, 0.6) is 0 Å². The molecule has 0 atom stereocenters. The number of benzene rings is 2. The maximum atomic E-state index is 12.9. The fraction of sp³-hybridized carbons (Fsp3) is 0.375. The van der Waals surface area contributed by atoms with Crippen molar-refractivity contribution in [3.8, 4) is 0 Å². The van der Waals surface area contributed by atoms with E-state index < -0.39 is 0 Å². The van der Waals surface area contributed by atoms with Gasteiger partial charge in [0.05, 0.1) is 16.7 Å². The van der Waals surface area contributed by atoms with Crippen molar-refractivity contribution in [2.24, 2.45) is 0 Å². The van der Waals surface area contributed by atoms with E-state index in [9.17, 15) is 14.7 Å². The molecule has 1 aliphatic rings. The summed E-state index contributed by atoms with van der Waals surface area (Å²) in [4.78, 5) is 32.4. The zero-order valence-corrected chi connectivity index (χ0v) is 18.8. The fourth-order valence-electron chi connectivity index (χ4n) is 3.92. The highest BCUT2D eigenvalue weighted by Gasteiger charge is 2.14. The molecule has 0 radical (unpaired) electrons. The lowest BCUT2D eigenvalue weighted by atomic mass is 10.1. The maximum Gasteiger partial charge on any atom is 0.262 e. The molecule has 1 fully saturated rings. The molecule has 2 aromatic carbocycles. The van der Waals surface area contributed by atoms with Crippen molar-refractivity contribution >= 4 is 39.9 Å². The van der Waals surface area contributed by atoms with Gasteiger partial charge in [0, 0.05) is 37.6 Å². The third-order valence-corrected chi connectivity index (χ3v) is 6.55. The maximum absolute atomic E-state index is 12.9. The van der Waals surface area contributed by atoms with E-state index in [1.165, 1.54) is 36.7 Å². The molecule has 3 aromatic rings. The second-order valence-electron chi connectivity index (χ2n) is 7.88. The number of fused-ring (bicyclic) bond motifs is 1. The summed E-state index contributed by atoms with van der Waals surface area (Å²) in [5, 5.41) is 13.1. The van der Waals surface area contributed by atoms with Crippen LogP contribution in [0.1, 0.15) is 25.7 Å². The van der Waals surface area contributed by atoms with Crippen LogP contribution in [0.25, 0.3) is 10.9 Å². The Morgan fingerprint density at radius 1 is 1.06 bits per heavy atom. The molecular weight excluding hydrogens is 424 g/mol. The van der Waals surface area contributed by atoms with E-state index in [1.54, 1.807) is 22.8 Å². The van der Waals surface area contributed by atoms with Gasteiger partial charge in [0.15, 0.2) is 5.16 Å². The van der Waals surface area contributed by atoms with E-state index >= 15 is 0 Å². The molecule has 0 aliphatic carbocycles. The molecule has 0 saturated carbocycles. The van der Waals surface area contributed by atoms with Gasteiger partial charge in [-0.1, -0.05) is 23.9 Å². The lowest BCUT2D eigenvalue weighted by Crippen LogP contribution is -2.29. The third-order valence-electron chi connectivity index (χ3n) is 5.57. The zero-order valence-electron chi connectivity index (χ0n) is 18.0. The number of hydrogen-bond donors (Lipinski definition) is 2. The minimum Gasteiger partial charge on any atom is -0.396 e. The standard InChI is InChI=1S/C24H28N4O3S/c29-16-6-15-28-23(31)20-7-2-3-8-21(20)26-24(28)32-17-22(30)25-18-9-11-19(12-10-18)27-13-4-1-5-14-27/h2-3,7-12,29H,1,4-6,13-17H2,(H,25,30). The second-order valence-corrected chi connectivity index (χ2v) is 8.82. The molecule has 7 nitrogen and oxygen atoms in total. The van der Waals surface area contributed by atoms with Gasteiger partial charge in [-0.05, 0) is 62.1 Å². The molecule has 168 valence electrons. The Morgan fingerprint density at radius 2 is 1.81 bits per heavy atom. The molecule has 1 amide bonds. The molecule has 4 rings (SSSR count). The number of aliphatic hydroxyl groups is 1. The summed E-state index contributed by atoms with van der Waals surface area (Å²) in [6.45, 7) is 2.50. The zero-order chi connectivity index (χ0) is 22.3. The summed E-state index contributed by atoms with van der Waals surface area (Å²) in [7, 11) is 0. The summed E-state index contributed by atoms with van der Waals surface area (Å²) >= 11 is 1.23. The van der Waals surface area contributed by atoms with Crippen LogP contribution >= 0.6 is 11.8 Å². The molecular formula is C24H28N4O3S. The fourth-order valence-corrected chi connectivity index (χ4v) is 4.74. The predicted molar refractivity (Wildman–Crippen MR) is 130 cm³/mol. The molecule has 1 aromatic heterocycles. The quantitative estimate of drug-likeness (QED) is 0.402. The topological polar surface area (TPSA) is 87.5 Å². The van der Waals surface area contributed by atoms with Crippen molar-refractivity contribution in [1.29, 1.82) is 0 Å². The number of hydrogen-bond acceptors (Lipinski definition) is 6. The van der Waals surface area contributed by atoms with Crippen LogP contribution < -0.4 is 15.8 Å². The monoisotopic (exact) mass is 452 g/mol. The van der Waals surface area contributed by atoms with Gasteiger partial charge >= 0.3 is 0 Å². The number of nitrogens with one attached hydrogen (secondary N) is 1. The molecule has 0 unspecified atom stereocenters. The van der Waals surface area contributed by atoms with Crippen LogP contribution in [-0.2, 0) is 11.3 Å². The average molecular weight is 453 g/mol. The number of carbonyl (C=O) groups is 1. The highest BCUT2D eigenvalue weighted by atomic mass is 32.2. The molecule has 1 saturated heterocycles. The van der Waals surface area contributed by atoms with Crippen LogP contribution in [0, 0.1) is 0 Å². The third kappa shape index (κ3) is 5.31. The molecule has 0 spiro atoms. The number of thioether (sulfide) groups is 1. The minimum atomic E-state index is -0.156. The van der Waals surface area contributed by atoms with E-state index in [4.69, 9.17) is 0 Å². The van der Waals surface area contributed by atoms with Crippen LogP contribution in [0.2, 0.25) is 0 Å². The van der Waals surface area contributed by atoms with E-state index in [2.05, 4.69) is 15.2 Å². The van der Waals surface area contributed by atoms with E-state index in [0.717, 1.165) is 18.8 Å². The molecule has 8 heteroatoms. The molecule has 2 N–H and O–H groups in total. The molecule has 2 heterocycles. The van der Waals surface area contributed by atoms with Gasteiger partial charge in [-0.15, -0.1) is 0 Å². The van der Waals surface area contributed by atoms with Crippen LogP contribution in [-0.4, -0.2) is 46.0 Å². The summed E-state index contributed by atoms with van der Waals surface area (Å²) in [6, 6.07) is 15.1. The number of rotatable bonds is 8. The number of amides is 1. The normalized spacial score (nSPS) is 14.0. The van der Waals surface area contributed by atoms with Crippen molar-refractivity contribution in [1.82, 2.24) is 9.55 Å². The van der Waals surface area contributed by atoms with Gasteiger partial charge in [-0.2, -0.15) is 0 Å². The SMILES string of the molecule is O=C(CSc1nc2ccccc2c(=O)n1CCCO)Nc1ccc(N2CCCCC2)cc1. The largest absolute Gasteiger partial charge is 0.396 e. The average Bonchev–Trinajstić information content (AvgIpc) is 2.83. The highest BCUT2D eigenvalue weighted by Crippen LogP contribution is 2.23. The number of piperidine rings is 1. The van der Waals surface area contributed by atoms with Crippen molar-refractivity contribution in [3.63, 3.8) is 0 Å². The van der Waals surface area contributed by atoms with E-state index in [1.807, 2.05) is 30.3 Å². The van der Waals surface area contributed by atoms with Gasteiger partial charge in [0.1, 0.15) is 0 Å². The Labute approximate surface area is 191 Å². The van der Waals surface area contributed by atoms with Gasteiger partial charge in [-0.25, -0.2) is 4.98 Å². The number of aliphatic hydroxyl groups excluding tert-OH is 1. The van der Waals surface area contributed by atoms with Gasteiger partial charge < -0.3 is 15.3 Å². The number of anilines is 2. The lowest BCUT2D eigenvalue weighted by molar-refractivity contribution is -0.113. The number of para-hydroxylation sites is 1. The Morgan fingerprint density at radius 3 is 2.56 bits per heavy atom. The lowest BCUT2D eigenvalue weighted by Gasteiger charge is -2.28. The van der Waals surface area contributed by atoms with Crippen molar-refractivity contribution in [2.45, 2.75) is 37.4 Å². The number of nitrogens with zero attached hydrogens (tertiary/aromatic N) is 3. The Kier molecular flexibility index (Phi) is 7.44. The summed E-state index contributed by atoms with van der Waals surface area (Å²) < 4.78 is 1.55. The van der Waals surface area contributed by atoms with Gasteiger partial charge in [-0.3, -0.25) is 14.2 Å². The first-order valence-corrected chi connectivity index (χ1v) is 12.0. The Balaban J connectivity index is 1.42. The molecule has 32 heavy (non-hydrogen) atoms. The van der Waals surface area contributed by atoms with Gasteiger partial charge in [0.2, 0.25) is 5.91 Å². The Hall–Kier alpha value is -2.84. The summed E-state index contributed by atoms with van der Waals surface area (Å²) in [5.74, 6) is -0.0190. The second kappa shape index (κ2) is 10.7. The van der Waals surface area contributed by atoms with Crippen LogP contribution in [0.3, 0.4) is 0 Å². The van der Waals surface area contributed by atoms with E-state index in [-0.39, 0.29) is 23.8 Å². The van der Waals surface area contributed by atoms with Crippen LogP contribution in [0.15, 0.2) is 58.5 Å². The molecule has 1 aliphatic heterocycles. The smallest absolute Gasteiger partial charge is 0.262 e. The Bertz CT molecular complexity index is 1120. The van der Waals surface area contributed by atoms with Crippen molar-refractivity contribution in [3.05, 3.63) is 58.9 Å². The summed E-state index contributed by atoms with van der Waals surface area (Å²) in [5.41, 5.74) is 2.39. The van der Waals surface area contributed by atoms with Crippen LogP contribution in [0.4, 0.5) is 11.4 Å². The van der Waals surface area contributed by atoms with Crippen molar-refractivity contribution in [2.75, 3.05) is 35.7 Å². The van der Waals surface area contributed by atoms with Gasteiger partial charge in [0.25, 0.3) is 5.56 Å². The first-order valence-electron chi connectivity index (χ1n) is 11.0. The highest BCUT2D eigenvalue weighted by molar-refractivity contribution is 7.99. The summed E-state index contributed by atoms with van der Waals surface area (Å²) in [6.07, 6.45) is 4.19. The predicted octanol–water partition coefficient (Wildman–Crippen LogP) is 3.50. The first kappa shape index (κ1) is 22.4. The first-order chi connectivity index (χ1) is 15.7. The number of carbonyl (C=O) groups excluding carboxylic acids is 1. The minimum absolute atomic E-state index is 0.0166. The molecule has 0 bridgehead atoms.